The Bertz CT molecular complexity index is 1180. The summed E-state index contributed by atoms with van der Waals surface area (Å²) in [6, 6.07) is 5.43. The average molecular weight is 409 g/mol. The Morgan fingerprint density at radius 2 is 1.97 bits per heavy atom. The predicted molar refractivity (Wildman–Crippen MR) is 111 cm³/mol. The van der Waals surface area contributed by atoms with Crippen LogP contribution in [0.1, 0.15) is 13.3 Å². The first-order valence-electron chi connectivity index (χ1n) is 9.54. The van der Waals surface area contributed by atoms with Crippen molar-refractivity contribution in [2.75, 3.05) is 14.2 Å². The van der Waals surface area contributed by atoms with E-state index in [0.29, 0.717) is 46.9 Å². The van der Waals surface area contributed by atoms with Crippen molar-refractivity contribution in [3.63, 3.8) is 0 Å². The van der Waals surface area contributed by atoms with E-state index in [0.717, 1.165) is 5.56 Å². The van der Waals surface area contributed by atoms with Crippen LogP contribution >= 0.6 is 0 Å². The monoisotopic (exact) mass is 409 g/mol. The fourth-order valence-corrected chi connectivity index (χ4v) is 3.23. The molecule has 0 fully saturated rings. The molecule has 0 amide bonds. The van der Waals surface area contributed by atoms with Gasteiger partial charge in [-0.15, -0.1) is 0 Å². The van der Waals surface area contributed by atoms with Crippen LogP contribution in [0, 0.1) is 0 Å². The van der Waals surface area contributed by atoms with E-state index in [-0.39, 0.29) is 5.88 Å². The molecular weight excluding hydrogens is 386 g/mol. The molecule has 0 bridgehead atoms. The SMILES string of the molecule is CCC(O)Cn1cc(-n2cc3nc(-c4cnc(OC)c(OC)c4)ccc3c2O)cn1. The number of pyridine rings is 2. The molecule has 9 nitrogen and oxygen atoms in total. The maximum absolute atomic E-state index is 10.7. The lowest BCUT2D eigenvalue weighted by atomic mass is 10.1. The maximum atomic E-state index is 10.7. The van der Waals surface area contributed by atoms with Gasteiger partial charge in [0, 0.05) is 24.2 Å². The van der Waals surface area contributed by atoms with E-state index >= 15 is 0 Å². The normalized spacial score (nSPS) is 12.3. The van der Waals surface area contributed by atoms with Crippen molar-refractivity contribution in [1.29, 1.82) is 0 Å². The molecule has 0 saturated carbocycles. The van der Waals surface area contributed by atoms with Gasteiger partial charge in [0.25, 0.3) is 5.88 Å². The Hall–Kier alpha value is -3.59. The van der Waals surface area contributed by atoms with Gasteiger partial charge in [0.2, 0.25) is 5.88 Å². The molecule has 156 valence electrons. The van der Waals surface area contributed by atoms with Crippen molar-refractivity contribution in [2.45, 2.75) is 26.0 Å². The van der Waals surface area contributed by atoms with Crippen molar-refractivity contribution in [1.82, 2.24) is 24.3 Å². The van der Waals surface area contributed by atoms with Crippen molar-refractivity contribution in [3.05, 3.63) is 43.0 Å². The fraction of sp³-hybridized carbons (Fsp3) is 0.286. The number of methoxy groups -OCH3 is 2. The molecule has 0 aliphatic heterocycles. The molecule has 1 unspecified atom stereocenters. The summed E-state index contributed by atoms with van der Waals surface area (Å²) in [5.41, 5.74) is 2.77. The fourth-order valence-electron chi connectivity index (χ4n) is 3.23. The second-order valence-corrected chi connectivity index (χ2v) is 6.87. The minimum absolute atomic E-state index is 0.0741. The molecule has 4 aromatic heterocycles. The molecule has 0 spiro atoms. The summed E-state index contributed by atoms with van der Waals surface area (Å²) >= 11 is 0. The molecule has 0 saturated heterocycles. The molecular formula is C21H23N5O4. The average Bonchev–Trinajstić information content (AvgIpc) is 3.36. The molecule has 0 radical (unpaired) electrons. The number of aliphatic hydroxyl groups excluding tert-OH is 1. The number of aliphatic hydroxyl groups is 1. The van der Waals surface area contributed by atoms with Gasteiger partial charge in [-0.05, 0) is 24.6 Å². The number of aromatic nitrogens is 5. The lowest BCUT2D eigenvalue weighted by Crippen LogP contribution is -2.14. The van der Waals surface area contributed by atoms with Gasteiger partial charge in [0.15, 0.2) is 5.75 Å². The van der Waals surface area contributed by atoms with Crippen molar-refractivity contribution in [3.8, 4) is 34.5 Å². The van der Waals surface area contributed by atoms with Crippen LogP contribution < -0.4 is 9.47 Å². The Kier molecular flexibility index (Phi) is 5.28. The Balaban J connectivity index is 1.70. The number of rotatable bonds is 7. The number of ether oxygens (including phenoxy) is 2. The molecule has 4 rings (SSSR count). The molecule has 4 heterocycles. The van der Waals surface area contributed by atoms with Crippen LogP contribution in [0.2, 0.25) is 0 Å². The predicted octanol–water partition coefficient (Wildman–Crippen LogP) is 2.78. The van der Waals surface area contributed by atoms with Crippen LogP contribution in [0.5, 0.6) is 17.5 Å². The van der Waals surface area contributed by atoms with Crippen LogP contribution in [0.15, 0.2) is 43.0 Å². The zero-order valence-corrected chi connectivity index (χ0v) is 17.0. The van der Waals surface area contributed by atoms with Gasteiger partial charge in [-0.2, -0.15) is 5.10 Å². The molecule has 1 atom stereocenters. The first-order valence-corrected chi connectivity index (χ1v) is 9.54. The molecule has 2 N–H and O–H groups in total. The highest BCUT2D eigenvalue weighted by Crippen LogP contribution is 2.33. The summed E-state index contributed by atoms with van der Waals surface area (Å²) in [7, 11) is 3.09. The van der Waals surface area contributed by atoms with E-state index in [4.69, 9.17) is 9.47 Å². The van der Waals surface area contributed by atoms with Gasteiger partial charge in [-0.25, -0.2) is 9.97 Å². The van der Waals surface area contributed by atoms with E-state index in [1.165, 1.54) is 7.11 Å². The largest absolute Gasteiger partial charge is 0.494 e. The number of fused-ring (bicyclic) bond motifs is 1. The van der Waals surface area contributed by atoms with E-state index in [2.05, 4.69) is 15.1 Å². The number of nitrogens with zero attached hydrogens (tertiary/aromatic N) is 5. The van der Waals surface area contributed by atoms with Gasteiger partial charge in [-0.1, -0.05) is 6.92 Å². The lowest BCUT2D eigenvalue weighted by Gasteiger charge is -2.08. The third kappa shape index (κ3) is 3.55. The summed E-state index contributed by atoms with van der Waals surface area (Å²) in [5, 5.41) is 25.4. The van der Waals surface area contributed by atoms with Crippen LogP contribution in [-0.4, -0.2) is 54.9 Å². The first kappa shape index (κ1) is 19.7. The smallest absolute Gasteiger partial charge is 0.256 e. The van der Waals surface area contributed by atoms with Crippen LogP contribution in [-0.2, 0) is 6.54 Å². The maximum Gasteiger partial charge on any atom is 0.256 e. The van der Waals surface area contributed by atoms with Gasteiger partial charge in [0.1, 0.15) is 0 Å². The quantitative estimate of drug-likeness (QED) is 0.483. The summed E-state index contributed by atoms with van der Waals surface area (Å²) in [6.07, 6.45) is 7.01. The van der Waals surface area contributed by atoms with Crippen molar-refractivity contribution >= 4 is 10.9 Å². The minimum atomic E-state index is -0.464. The first-order chi connectivity index (χ1) is 14.5. The van der Waals surface area contributed by atoms with Gasteiger partial charge in [0.05, 0.1) is 55.3 Å². The third-order valence-corrected chi connectivity index (χ3v) is 4.94. The molecule has 0 aromatic carbocycles. The van der Waals surface area contributed by atoms with Crippen molar-refractivity contribution in [2.24, 2.45) is 0 Å². The molecule has 0 aliphatic carbocycles. The summed E-state index contributed by atoms with van der Waals surface area (Å²) in [4.78, 5) is 8.92. The summed E-state index contributed by atoms with van der Waals surface area (Å²) in [6.45, 7) is 2.31. The highest BCUT2D eigenvalue weighted by molar-refractivity contribution is 5.87. The van der Waals surface area contributed by atoms with Gasteiger partial charge in [-0.3, -0.25) is 9.25 Å². The summed E-state index contributed by atoms with van der Waals surface area (Å²) < 4.78 is 13.8. The minimum Gasteiger partial charge on any atom is -0.494 e. The zero-order valence-electron chi connectivity index (χ0n) is 17.0. The Morgan fingerprint density at radius 1 is 1.13 bits per heavy atom. The Morgan fingerprint density at radius 3 is 2.70 bits per heavy atom. The van der Waals surface area contributed by atoms with Gasteiger partial charge < -0.3 is 19.7 Å². The highest BCUT2D eigenvalue weighted by Gasteiger charge is 2.15. The standard InChI is InChI=1S/C21H23N5O4/c1-4-15(27)11-25-10-14(9-23-25)26-12-18-16(21(26)28)5-6-17(24-18)13-7-19(29-2)20(30-3)22-8-13/h5-10,12,15,27-28H,4,11H2,1-3H3. The highest BCUT2D eigenvalue weighted by atomic mass is 16.5. The van der Waals surface area contributed by atoms with E-state index in [1.807, 2.05) is 19.1 Å². The number of hydrogen-bond acceptors (Lipinski definition) is 7. The second-order valence-electron chi connectivity index (χ2n) is 6.87. The topological polar surface area (TPSA) is 107 Å². The lowest BCUT2D eigenvalue weighted by molar-refractivity contribution is 0.145. The molecule has 4 aromatic rings. The number of hydrogen-bond donors (Lipinski definition) is 2. The zero-order chi connectivity index (χ0) is 21.3. The Labute approximate surface area is 173 Å². The van der Waals surface area contributed by atoms with Crippen LogP contribution in [0.3, 0.4) is 0 Å². The molecule has 9 heteroatoms. The third-order valence-electron chi connectivity index (χ3n) is 4.94. The van der Waals surface area contributed by atoms with Gasteiger partial charge >= 0.3 is 0 Å². The van der Waals surface area contributed by atoms with Crippen molar-refractivity contribution < 1.29 is 19.7 Å². The van der Waals surface area contributed by atoms with E-state index in [9.17, 15) is 10.2 Å². The molecule has 0 aliphatic rings. The summed E-state index contributed by atoms with van der Waals surface area (Å²) in [5.74, 6) is 0.986. The van der Waals surface area contributed by atoms with Crippen LogP contribution in [0.25, 0.3) is 27.8 Å². The second kappa shape index (κ2) is 8.03. The van der Waals surface area contributed by atoms with E-state index < -0.39 is 6.10 Å². The number of aromatic hydroxyl groups is 1. The molecule has 30 heavy (non-hydrogen) atoms. The van der Waals surface area contributed by atoms with Crippen LogP contribution in [0.4, 0.5) is 0 Å². The van der Waals surface area contributed by atoms with E-state index in [1.54, 1.807) is 47.2 Å².